The molecule has 1 N–H and O–H groups in total. The number of hydrogen-bond donors (Lipinski definition) is 1. The van der Waals surface area contributed by atoms with E-state index in [0.717, 1.165) is 4.80 Å². The van der Waals surface area contributed by atoms with Crippen molar-refractivity contribution in [1.29, 1.82) is 0 Å². The first-order valence-electron chi connectivity index (χ1n) is 9.14. The summed E-state index contributed by atoms with van der Waals surface area (Å²) in [6.07, 6.45) is 0. The number of aromatic hydroxyl groups is 1. The molecule has 1 amide bonds. The average Bonchev–Trinajstić information content (AvgIpc) is 3.18. The lowest BCUT2D eigenvalue weighted by Crippen LogP contribution is -2.32. The Morgan fingerprint density at radius 1 is 0.967 bits per heavy atom. The minimum Gasteiger partial charge on any atom is -0.508 e. The molecule has 0 aliphatic heterocycles. The van der Waals surface area contributed by atoms with Crippen molar-refractivity contribution in [2.75, 3.05) is 11.9 Å². The number of amides is 1. The topological polar surface area (TPSA) is 97.6 Å². The lowest BCUT2D eigenvalue weighted by atomic mass is 10.2. The van der Waals surface area contributed by atoms with Crippen molar-refractivity contribution in [3.05, 3.63) is 77.9 Å². The van der Waals surface area contributed by atoms with Crippen molar-refractivity contribution in [3.8, 4) is 11.5 Å². The van der Waals surface area contributed by atoms with Crippen molar-refractivity contribution in [1.82, 2.24) is 15.0 Å². The monoisotopic (exact) mass is 402 g/mol. The highest BCUT2D eigenvalue weighted by molar-refractivity contribution is 5.96. The Kier molecular flexibility index (Phi) is 4.89. The molecule has 0 saturated heterocycles. The van der Waals surface area contributed by atoms with Crippen LogP contribution in [-0.4, -0.2) is 39.1 Å². The Bertz CT molecular complexity index is 1250. The van der Waals surface area contributed by atoms with Gasteiger partial charge < -0.3 is 9.84 Å². The fourth-order valence-corrected chi connectivity index (χ4v) is 2.83. The molecule has 0 fully saturated rings. The zero-order chi connectivity index (χ0) is 21.3. The predicted octanol–water partition coefficient (Wildman–Crippen LogP) is 3.77. The molecule has 0 atom stereocenters. The first-order valence-corrected chi connectivity index (χ1v) is 9.14. The third kappa shape index (κ3) is 3.70. The molecule has 8 nitrogen and oxygen atoms in total. The van der Waals surface area contributed by atoms with E-state index in [1.54, 1.807) is 62.5 Å². The number of hydrogen-bond acceptors (Lipinski definition) is 6. The lowest BCUT2D eigenvalue weighted by molar-refractivity contribution is 0.0735. The van der Waals surface area contributed by atoms with Crippen molar-refractivity contribution >= 4 is 28.7 Å². The van der Waals surface area contributed by atoms with Gasteiger partial charge in [-0.05, 0) is 48.9 Å². The van der Waals surface area contributed by atoms with E-state index in [9.17, 15) is 14.7 Å². The summed E-state index contributed by atoms with van der Waals surface area (Å²) in [6.45, 7) is 1.77. The minimum absolute atomic E-state index is 0.0901. The molecule has 30 heavy (non-hydrogen) atoms. The Balaban J connectivity index is 1.58. The van der Waals surface area contributed by atoms with Gasteiger partial charge in [0.1, 0.15) is 22.5 Å². The zero-order valence-electron chi connectivity index (χ0n) is 16.3. The lowest BCUT2D eigenvalue weighted by Gasteiger charge is -2.16. The molecule has 8 heteroatoms. The predicted molar refractivity (Wildman–Crippen MR) is 111 cm³/mol. The second-order valence-corrected chi connectivity index (χ2v) is 6.71. The van der Waals surface area contributed by atoms with Gasteiger partial charge in [-0.25, -0.2) is 9.59 Å². The third-order valence-corrected chi connectivity index (χ3v) is 4.61. The molecule has 0 radical (unpaired) electrons. The standard InChI is InChI=1S/C22H18N4O4/c1-14-8-10-16(13-20(14)27)25(2)22(29)26-23-18-11-9-15(12-19(18)24-26)21(28)30-17-6-4-3-5-7-17/h3-13,27H,1-2H3. The zero-order valence-corrected chi connectivity index (χ0v) is 16.3. The number of anilines is 1. The largest absolute Gasteiger partial charge is 0.508 e. The number of ether oxygens (including phenoxy) is 1. The number of nitrogens with zero attached hydrogens (tertiary/aromatic N) is 4. The minimum atomic E-state index is -0.531. The number of rotatable bonds is 3. The van der Waals surface area contributed by atoms with E-state index in [0.29, 0.717) is 33.6 Å². The van der Waals surface area contributed by atoms with Gasteiger partial charge in [0, 0.05) is 18.8 Å². The van der Waals surface area contributed by atoms with Gasteiger partial charge in [-0.15, -0.1) is 10.2 Å². The summed E-state index contributed by atoms with van der Waals surface area (Å²) in [5.74, 6) is -0.00654. The summed E-state index contributed by atoms with van der Waals surface area (Å²) in [7, 11) is 1.56. The number of phenols is 1. The number of benzene rings is 3. The van der Waals surface area contributed by atoms with Crippen LogP contribution in [0, 0.1) is 6.92 Å². The highest BCUT2D eigenvalue weighted by Crippen LogP contribution is 2.24. The van der Waals surface area contributed by atoms with Gasteiger partial charge >= 0.3 is 12.0 Å². The average molecular weight is 402 g/mol. The maximum atomic E-state index is 12.8. The van der Waals surface area contributed by atoms with Crippen molar-refractivity contribution in [2.45, 2.75) is 6.92 Å². The molecule has 0 unspecified atom stereocenters. The molecular weight excluding hydrogens is 384 g/mol. The number of aryl methyl sites for hydroxylation is 1. The summed E-state index contributed by atoms with van der Waals surface area (Å²) < 4.78 is 5.33. The highest BCUT2D eigenvalue weighted by atomic mass is 16.5. The van der Waals surface area contributed by atoms with Crippen LogP contribution in [0.1, 0.15) is 15.9 Å². The van der Waals surface area contributed by atoms with Crippen LogP contribution in [-0.2, 0) is 0 Å². The fourth-order valence-electron chi connectivity index (χ4n) is 2.83. The van der Waals surface area contributed by atoms with Crippen LogP contribution in [0.3, 0.4) is 0 Å². The van der Waals surface area contributed by atoms with Crippen LogP contribution >= 0.6 is 0 Å². The molecule has 0 saturated carbocycles. The smallest absolute Gasteiger partial charge is 0.366 e. The number of phenolic OH excluding ortho intramolecular Hbond substituents is 1. The number of aromatic nitrogens is 3. The summed E-state index contributed by atoms with van der Waals surface area (Å²) in [4.78, 5) is 27.4. The van der Waals surface area contributed by atoms with Gasteiger partial charge in [0.25, 0.3) is 0 Å². The molecule has 4 rings (SSSR count). The number of para-hydroxylation sites is 1. The number of carbonyl (C=O) groups excluding carboxylic acids is 2. The van der Waals surface area contributed by atoms with Crippen LogP contribution in [0.25, 0.3) is 11.0 Å². The molecule has 0 aliphatic rings. The Hall–Kier alpha value is -4.20. The van der Waals surface area contributed by atoms with Gasteiger partial charge in [-0.1, -0.05) is 29.1 Å². The van der Waals surface area contributed by atoms with Crippen LogP contribution in [0.4, 0.5) is 10.5 Å². The SMILES string of the molecule is Cc1ccc(N(C)C(=O)n2nc3ccc(C(=O)Oc4ccccc4)cc3n2)cc1O. The van der Waals surface area contributed by atoms with E-state index in [2.05, 4.69) is 10.2 Å². The van der Waals surface area contributed by atoms with E-state index < -0.39 is 12.0 Å². The third-order valence-electron chi connectivity index (χ3n) is 4.61. The van der Waals surface area contributed by atoms with E-state index >= 15 is 0 Å². The van der Waals surface area contributed by atoms with Crippen molar-refractivity contribution in [2.24, 2.45) is 0 Å². The number of esters is 1. The van der Waals surface area contributed by atoms with Gasteiger partial charge in [0.05, 0.1) is 5.56 Å². The first kappa shape index (κ1) is 19.1. The Labute approximate surface area is 171 Å². The van der Waals surface area contributed by atoms with E-state index in [4.69, 9.17) is 4.74 Å². The van der Waals surface area contributed by atoms with Crippen LogP contribution < -0.4 is 9.64 Å². The van der Waals surface area contributed by atoms with E-state index in [1.165, 1.54) is 17.0 Å². The summed E-state index contributed by atoms with van der Waals surface area (Å²) in [6, 6.07) is 17.8. The van der Waals surface area contributed by atoms with Gasteiger partial charge in [0.15, 0.2) is 0 Å². The van der Waals surface area contributed by atoms with Gasteiger partial charge in [-0.3, -0.25) is 4.90 Å². The van der Waals surface area contributed by atoms with E-state index in [-0.39, 0.29) is 5.75 Å². The van der Waals surface area contributed by atoms with Crippen molar-refractivity contribution in [3.63, 3.8) is 0 Å². The molecule has 0 aliphatic carbocycles. The maximum absolute atomic E-state index is 12.8. The normalized spacial score (nSPS) is 10.7. The van der Waals surface area contributed by atoms with Crippen molar-refractivity contribution < 1.29 is 19.4 Å². The molecule has 0 bridgehead atoms. The highest BCUT2D eigenvalue weighted by Gasteiger charge is 2.18. The van der Waals surface area contributed by atoms with E-state index in [1.807, 2.05) is 6.07 Å². The summed E-state index contributed by atoms with van der Waals surface area (Å²) in [5, 5.41) is 18.3. The summed E-state index contributed by atoms with van der Waals surface area (Å²) in [5.41, 5.74) is 2.34. The van der Waals surface area contributed by atoms with Crippen LogP contribution in [0.5, 0.6) is 11.5 Å². The molecule has 1 aromatic heterocycles. The first-order chi connectivity index (χ1) is 14.4. The maximum Gasteiger partial charge on any atom is 0.366 e. The molecule has 3 aromatic carbocycles. The van der Waals surface area contributed by atoms with Crippen LogP contribution in [0.15, 0.2) is 66.7 Å². The fraction of sp³-hybridized carbons (Fsp3) is 0.0909. The van der Waals surface area contributed by atoms with Crippen LogP contribution in [0.2, 0.25) is 0 Å². The quantitative estimate of drug-likeness (QED) is 0.414. The second kappa shape index (κ2) is 7.67. The summed E-state index contributed by atoms with van der Waals surface area (Å²) >= 11 is 0. The molecule has 4 aromatic rings. The Morgan fingerprint density at radius 2 is 1.70 bits per heavy atom. The second-order valence-electron chi connectivity index (χ2n) is 6.71. The number of fused-ring (bicyclic) bond motifs is 1. The Morgan fingerprint density at radius 3 is 2.43 bits per heavy atom. The van der Waals surface area contributed by atoms with Gasteiger partial charge in [0.2, 0.25) is 0 Å². The van der Waals surface area contributed by atoms with Gasteiger partial charge in [-0.2, -0.15) is 0 Å². The molecular formula is C22H18N4O4. The molecule has 0 spiro atoms. The molecule has 150 valence electrons. The number of carbonyl (C=O) groups is 2. The molecule has 1 heterocycles.